The van der Waals surface area contributed by atoms with Crippen molar-refractivity contribution in [2.24, 2.45) is 0 Å². The van der Waals surface area contributed by atoms with Crippen molar-refractivity contribution in [1.29, 1.82) is 0 Å². The van der Waals surface area contributed by atoms with Crippen LogP contribution in [0.5, 0.6) is 5.75 Å². The molecule has 0 aliphatic carbocycles. The highest BCUT2D eigenvalue weighted by atomic mass is 16.6. The summed E-state index contributed by atoms with van der Waals surface area (Å²) in [5.74, 6) is 0.863. The predicted molar refractivity (Wildman–Crippen MR) is 83.3 cm³/mol. The van der Waals surface area contributed by atoms with Crippen LogP contribution in [0.2, 0.25) is 0 Å². The first kappa shape index (κ1) is 15.4. The van der Waals surface area contributed by atoms with Gasteiger partial charge in [0.1, 0.15) is 18.0 Å². The van der Waals surface area contributed by atoms with Crippen molar-refractivity contribution < 1.29 is 14.3 Å². The number of nitrogens with zero attached hydrogens (tertiary/aromatic N) is 1. The van der Waals surface area contributed by atoms with E-state index in [1.54, 1.807) is 4.90 Å². The van der Waals surface area contributed by atoms with Gasteiger partial charge in [-0.15, -0.1) is 0 Å². The molecule has 0 N–H and O–H groups in total. The lowest BCUT2D eigenvalue weighted by molar-refractivity contribution is 0.0225. The van der Waals surface area contributed by atoms with Crippen LogP contribution < -0.4 is 4.74 Å². The van der Waals surface area contributed by atoms with Gasteiger partial charge in [0, 0.05) is 11.1 Å². The number of carbonyl (C=O) groups excluding carboxylic acids is 1. The lowest BCUT2D eigenvalue weighted by Crippen LogP contribution is -2.37. The van der Waals surface area contributed by atoms with E-state index in [4.69, 9.17) is 9.47 Å². The number of amides is 1. The molecule has 0 saturated heterocycles. The molecule has 0 spiro atoms. The lowest BCUT2D eigenvalue weighted by Gasteiger charge is -2.26. The molecule has 1 aliphatic rings. The Balaban J connectivity index is 2.22. The van der Waals surface area contributed by atoms with E-state index in [0.29, 0.717) is 19.7 Å². The monoisotopic (exact) mass is 289 g/mol. The van der Waals surface area contributed by atoms with Crippen LogP contribution >= 0.6 is 0 Å². The molecule has 0 radical (unpaired) electrons. The van der Waals surface area contributed by atoms with Crippen LogP contribution in [0.25, 0.3) is 6.08 Å². The van der Waals surface area contributed by atoms with Gasteiger partial charge in [0.15, 0.2) is 0 Å². The van der Waals surface area contributed by atoms with Gasteiger partial charge in [0.2, 0.25) is 0 Å². The highest BCUT2D eigenvalue weighted by Gasteiger charge is 2.25. The summed E-state index contributed by atoms with van der Waals surface area (Å²) in [6.07, 6.45) is 3.70. The number of ether oxygens (including phenoxy) is 2. The minimum absolute atomic E-state index is 0.296. The molecule has 1 heterocycles. The Morgan fingerprint density at radius 2 is 2.14 bits per heavy atom. The lowest BCUT2D eigenvalue weighted by atomic mass is 10.1. The molecule has 4 heteroatoms. The zero-order chi connectivity index (χ0) is 15.5. The topological polar surface area (TPSA) is 38.8 Å². The minimum Gasteiger partial charge on any atom is -0.491 e. The molecular formula is C17H23NO3. The number of rotatable bonds is 1. The quantitative estimate of drug-likeness (QED) is 0.788. The van der Waals surface area contributed by atoms with Crippen LogP contribution in [0.4, 0.5) is 4.79 Å². The molecule has 4 nitrogen and oxygen atoms in total. The van der Waals surface area contributed by atoms with Crippen molar-refractivity contribution in [3.8, 4) is 5.75 Å². The molecule has 0 aromatic heterocycles. The van der Waals surface area contributed by atoms with Crippen LogP contribution in [-0.4, -0.2) is 29.7 Å². The number of allylic oxidation sites excluding steroid dienone is 1. The largest absolute Gasteiger partial charge is 0.491 e. The van der Waals surface area contributed by atoms with Crippen molar-refractivity contribution in [3.05, 3.63) is 35.4 Å². The Kier molecular flexibility index (Phi) is 4.56. The third kappa shape index (κ3) is 4.00. The van der Waals surface area contributed by atoms with Gasteiger partial charge in [-0.05, 0) is 27.7 Å². The van der Waals surface area contributed by atoms with Gasteiger partial charge in [-0.3, -0.25) is 0 Å². The highest BCUT2D eigenvalue weighted by molar-refractivity contribution is 5.69. The van der Waals surface area contributed by atoms with Crippen molar-refractivity contribution in [2.75, 3.05) is 13.2 Å². The van der Waals surface area contributed by atoms with E-state index >= 15 is 0 Å². The summed E-state index contributed by atoms with van der Waals surface area (Å²) < 4.78 is 11.3. The normalized spacial score (nSPS) is 15.3. The van der Waals surface area contributed by atoms with E-state index < -0.39 is 5.60 Å². The van der Waals surface area contributed by atoms with Gasteiger partial charge in [0.25, 0.3) is 0 Å². The molecule has 1 aromatic carbocycles. The maximum Gasteiger partial charge on any atom is 0.410 e. The average molecular weight is 289 g/mol. The summed E-state index contributed by atoms with van der Waals surface area (Å²) in [5.41, 5.74) is 1.56. The molecular weight excluding hydrogens is 266 g/mol. The minimum atomic E-state index is -0.486. The maximum atomic E-state index is 12.2. The van der Waals surface area contributed by atoms with Gasteiger partial charge in [-0.1, -0.05) is 30.4 Å². The van der Waals surface area contributed by atoms with E-state index in [1.165, 1.54) is 0 Å². The summed E-state index contributed by atoms with van der Waals surface area (Å²) in [6.45, 7) is 9.10. The van der Waals surface area contributed by atoms with E-state index in [9.17, 15) is 4.79 Å². The second kappa shape index (κ2) is 6.20. The number of carbonyl (C=O) groups is 1. The molecule has 0 bridgehead atoms. The Bertz CT molecular complexity index is 543. The van der Waals surface area contributed by atoms with E-state index in [1.807, 2.05) is 58.0 Å². The van der Waals surface area contributed by atoms with E-state index in [0.717, 1.165) is 16.9 Å². The molecule has 2 rings (SSSR count). The van der Waals surface area contributed by atoms with Gasteiger partial charge < -0.3 is 14.4 Å². The summed E-state index contributed by atoms with van der Waals surface area (Å²) in [4.78, 5) is 13.9. The Morgan fingerprint density at radius 1 is 1.38 bits per heavy atom. The smallest absolute Gasteiger partial charge is 0.410 e. The number of para-hydroxylation sites is 1. The fourth-order valence-electron chi connectivity index (χ4n) is 2.24. The predicted octanol–water partition coefficient (Wildman–Crippen LogP) is 3.85. The number of hydrogen-bond donors (Lipinski definition) is 0. The van der Waals surface area contributed by atoms with Crippen LogP contribution in [0, 0.1) is 0 Å². The van der Waals surface area contributed by atoms with Crippen LogP contribution in [-0.2, 0) is 11.3 Å². The Labute approximate surface area is 126 Å². The molecule has 0 atom stereocenters. The fraction of sp³-hybridized carbons (Fsp3) is 0.471. The summed E-state index contributed by atoms with van der Waals surface area (Å²) in [6, 6.07) is 5.99. The molecule has 1 aromatic rings. The first-order valence-corrected chi connectivity index (χ1v) is 7.26. The number of hydrogen-bond acceptors (Lipinski definition) is 3. The summed E-state index contributed by atoms with van der Waals surface area (Å²) in [5, 5.41) is 0. The highest BCUT2D eigenvalue weighted by Crippen LogP contribution is 2.29. The summed E-state index contributed by atoms with van der Waals surface area (Å²) in [7, 11) is 0. The number of benzene rings is 1. The molecule has 0 saturated carbocycles. The van der Waals surface area contributed by atoms with Gasteiger partial charge >= 0.3 is 6.09 Å². The Morgan fingerprint density at radius 3 is 2.81 bits per heavy atom. The van der Waals surface area contributed by atoms with Crippen LogP contribution in [0.1, 0.15) is 38.8 Å². The molecule has 114 valence electrons. The third-order valence-corrected chi connectivity index (χ3v) is 3.09. The molecule has 0 fully saturated rings. The molecule has 1 aliphatic heterocycles. The average Bonchev–Trinajstić information content (AvgIpc) is 2.60. The second-order valence-electron chi connectivity index (χ2n) is 6.09. The van der Waals surface area contributed by atoms with Crippen molar-refractivity contribution in [2.45, 2.75) is 39.8 Å². The zero-order valence-electron chi connectivity index (χ0n) is 13.2. The van der Waals surface area contributed by atoms with Crippen molar-refractivity contribution in [1.82, 2.24) is 4.90 Å². The zero-order valence-corrected chi connectivity index (χ0v) is 13.2. The number of fused-ring (bicyclic) bond motifs is 1. The van der Waals surface area contributed by atoms with Crippen molar-refractivity contribution in [3.63, 3.8) is 0 Å². The van der Waals surface area contributed by atoms with Gasteiger partial charge in [0.05, 0.1) is 13.1 Å². The first-order valence-electron chi connectivity index (χ1n) is 7.26. The van der Waals surface area contributed by atoms with E-state index in [-0.39, 0.29) is 6.09 Å². The molecule has 1 amide bonds. The summed E-state index contributed by atoms with van der Waals surface area (Å²) >= 11 is 0. The first-order chi connectivity index (χ1) is 9.90. The fourth-order valence-corrected chi connectivity index (χ4v) is 2.24. The second-order valence-corrected chi connectivity index (χ2v) is 6.09. The third-order valence-electron chi connectivity index (χ3n) is 3.09. The molecule has 0 unspecified atom stereocenters. The van der Waals surface area contributed by atoms with Gasteiger partial charge in [-0.2, -0.15) is 0 Å². The van der Waals surface area contributed by atoms with Crippen molar-refractivity contribution >= 4 is 12.2 Å². The van der Waals surface area contributed by atoms with Crippen LogP contribution in [0.3, 0.4) is 0 Å². The Hall–Kier alpha value is -1.97. The van der Waals surface area contributed by atoms with Crippen LogP contribution in [0.15, 0.2) is 24.3 Å². The SMILES string of the molecule is C/C=C/c1cccc2c1OCCN(C(=O)OC(C)(C)C)C2. The standard InChI is InChI=1S/C17H23NO3/c1-5-7-13-8-6-9-14-12-18(10-11-20-15(13)14)16(19)21-17(2,3)4/h5-9H,10-12H2,1-4H3/b7-5+. The molecule has 21 heavy (non-hydrogen) atoms. The van der Waals surface area contributed by atoms with E-state index in [2.05, 4.69) is 0 Å². The maximum absolute atomic E-state index is 12.2. The van der Waals surface area contributed by atoms with Gasteiger partial charge in [-0.25, -0.2) is 4.79 Å².